The monoisotopic (exact) mass is 284 g/mol. The Labute approximate surface area is 109 Å². The smallest absolute Gasteiger partial charge is 0.336 e. The standard InChI is InChI=1S/C6H8O7.2C2H6O/c7-3(8)1-6(13,5(11)12)2-4(9)10;2*1-2-3/h13H,1-2H2,(H,7,8)(H,9,10)(H,11,12);2*3H,2H2,1H3. The lowest BCUT2D eigenvalue weighted by Gasteiger charge is -2.18. The van der Waals surface area contributed by atoms with Gasteiger partial charge in [-0.15, -0.1) is 0 Å². The molecule has 0 atom stereocenters. The maximum atomic E-state index is 10.3. The summed E-state index contributed by atoms with van der Waals surface area (Å²) in [7, 11) is 0. The number of hydrogen-bond donors (Lipinski definition) is 6. The van der Waals surface area contributed by atoms with Gasteiger partial charge < -0.3 is 30.6 Å². The van der Waals surface area contributed by atoms with Crippen LogP contribution in [0.5, 0.6) is 0 Å². The third-order valence-electron chi connectivity index (χ3n) is 1.29. The average molecular weight is 284 g/mol. The second-order valence-electron chi connectivity index (χ2n) is 3.11. The van der Waals surface area contributed by atoms with Crippen LogP contribution in [-0.2, 0) is 14.4 Å². The summed E-state index contributed by atoms with van der Waals surface area (Å²) < 4.78 is 0. The highest BCUT2D eigenvalue weighted by Crippen LogP contribution is 2.15. The Morgan fingerprint density at radius 2 is 1.05 bits per heavy atom. The van der Waals surface area contributed by atoms with Crippen molar-refractivity contribution in [2.24, 2.45) is 0 Å². The van der Waals surface area contributed by atoms with Crippen LogP contribution >= 0.6 is 0 Å². The van der Waals surface area contributed by atoms with Gasteiger partial charge in [0.25, 0.3) is 0 Å². The van der Waals surface area contributed by atoms with Crippen LogP contribution in [0.3, 0.4) is 0 Å². The minimum Gasteiger partial charge on any atom is -0.481 e. The van der Waals surface area contributed by atoms with E-state index in [1.807, 2.05) is 0 Å². The lowest BCUT2D eigenvalue weighted by Crippen LogP contribution is -2.42. The molecule has 0 fully saturated rings. The zero-order valence-electron chi connectivity index (χ0n) is 10.7. The number of aliphatic carboxylic acids is 3. The molecule has 0 amide bonds. The van der Waals surface area contributed by atoms with E-state index in [1.54, 1.807) is 13.8 Å². The van der Waals surface area contributed by atoms with Crippen molar-refractivity contribution >= 4 is 17.9 Å². The first-order chi connectivity index (χ1) is 8.60. The average Bonchev–Trinajstić information content (AvgIpc) is 2.16. The highest BCUT2D eigenvalue weighted by atomic mass is 16.4. The molecule has 9 nitrogen and oxygen atoms in total. The minimum atomic E-state index is -2.74. The first-order valence-corrected chi connectivity index (χ1v) is 5.22. The van der Waals surface area contributed by atoms with Crippen LogP contribution < -0.4 is 0 Å². The van der Waals surface area contributed by atoms with E-state index < -0.39 is 36.4 Å². The molecule has 6 N–H and O–H groups in total. The molecule has 0 aromatic carbocycles. The normalized spacial score (nSPS) is 9.32. The molecule has 0 unspecified atom stereocenters. The number of carboxylic acids is 3. The van der Waals surface area contributed by atoms with Crippen LogP contribution in [0.1, 0.15) is 26.7 Å². The quantitative estimate of drug-likeness (QED) is 0.360. The second-order valence-corrected chi connectivity index (χ2v) is 3.11. The maximum Gasteiger partial charge on any atom is 0.336 e. The Morgan fingerprint density at radius 3 is 1.16 bits per heavy atom. The molecule has 0 aromatic rings. The van der Waals surface area contributed by atoms with Gasteiger partial charge in [-0.2, -0.15) is 0 Å². The van der Waals surface area contributed by atoms with Crippen LogP contribution in [0.25, 0.3) is 0 Å². The SMILES string of the molecule is CCO.CCO.O=C(O)CC(O)(CC(=O)O)C(=O)O. The molecule has 0 saturated carbocycles. The van der Waals surface area contributed by atoms with Gasteiger partial charge in [-0.05, 0) is 13.8 Å². The Hall–Kier alpha value is -1.71. The fraction of sp³-hybridized carbons (Fsp3) is 0.700. The molecular weight excluding hydrogens is 264 g/mol. The third-order valence-corrected chi connectivity index (χ3v) is 1.29. The van der Waals surface area contributed by atoms with Gasteiger partial charge in [-0.3, -0.25) is 9.59 Å². The van der Waals surface area contributed by atoms with Crippen LogP contribution in [0.15, 0.2) is 0 Å². The molecule has 0 aliphatic rings. The number of carbonyl (C=O) groups is 3. The molecule has 0 aromatic heterocycles. The topological polar surface area (TPSA) is 173 Å². The van der Waals surface area contributed by atoms with Gasteiger partial charge in [0.15, 0.2) is 5.60 Å². The number of hydrogen-bond acceptors (Lipinski definition) is 6. The van der Waals surface area contributed by atoms with Crippen molar-refractivity contribution in [3.05, 3.63) is 0 Å². The van der Waals surface area contributed by atoms with Gasteiger partial charge in [-0.25, -0.2) is 4.79 Å². The number of rotatable bonds is 5. The first-order valence-electron chi connectivity index (χ1n) is 5.22. The second kappa shape index (κ2) is 12.7. The van der Waals surface area contributed by atoms with Crippen molar-refractivity contribution < 1.29 is 45.0 Å². The lowest BCUT2D eigenvalue weighted by atomic mass is 9.96. The summed E-state index contributed by atoms with van der Waals surface area (Å²) in [5, 5.41) is 48.9. The van der Waals surface area contributed by atoms with E-state index in [9.17, 15) is 14.4 Å². The van der Waals surface area contributed by atoms with E-state index in [0.717, 1.165) is 0 Å². The Bertz CT molecular complexity index is 256. The highest BCUT2D eigenvalue weighted by Gasteiger charge is 2.40. The molecular formula is C10H20O9. The summed E-state index contributed by atoms with van der Waals surface area (Å²) in [5.41, 5.74) is -2.74. The van der Waals surface area contributed by atoms with Crippen LogP contribution in [0.2, 0.25) is 0 Å². The van der Waals surface area contributed by atoms with E-state index in [-0.39, 0.29) is 13.2 Å². The number of aliphatic hydroxyl groups excluding tert-OH is 2. The van der Waals surface area contributed by atoms with E-state index >= 15 is 0 Å². The van der Waals surface area contributed by atoms with E-state index in [4.69, 9.17) is 30.6 Å². The van der Waals surface area contributed by atoms with E-state index in [2.05, 4.69) is 0 Å². The summed E-state index contributed by atoms with van der Waals surface area (Å²) in [6, 6.07) is 0. The summed E-state index contributed by atoms with van der Waals surface area (Å²) in [6.07, 6.45) is -2.29. The first kappa shape index (κ1) is 22.5. The molecule has 0 rings (SSSR count). The number of carboxylic acid groups (broad SMARTS) is 3. The van der Waals surface area contributed by atoms with E-state index in [1.165, 1.54) is 0 Å². The fourth-order valence-electron chi connectivity index (χ4n) is 0.714. The largest absolute Gasteiger partial charge is 0.481 e. The molecule has 0 radical (unpaired) electrons. The predicted molar refractivity (Wildman–Crippen MR) is 62.6 cm³/mol. The number of aliphatic hydroxyl groups is 3. The van der Waals surface area contributed by atoms with Crippen molar-refractivity contribution in [3.63, 3.8) is 0 Å². The van der Waals surface area contributed by atoms with Crippen LogP contribution in [0.4, 0.5) is 0 Å². The van der Waals surface area contributed by atoms with Gasteiger partial charge in [-0.1, -0.05) is 0 Å². The van der Waals surface area contributed by atoms with Crippen LogP contribution in [0, 0.1) is 0 Å². The molecule has 0 spiro atoms. The van der Waals surface area contributed by atoms with Crippen molar-refractivity contribution in [3.8, 4) is 0 Å². The summed E-state index contributed by atoms with van der Waals surface area (Å²) in [6.45, 7) is 3.86. The van der Waals surface area contributed by atoms with Crippen molar-refractivity contribution in [2.75, 3.05) is 13.2 Å². The molecule has 19 heavy (non-hydrogen) atoms. The molecule has 0 bridgehead atoms. The zero-order chi connectivity index (χ0) is 16.1. The van der Waals surface area contributed by atoms with Gasteiger partial charge >= 0.3 is 17.9 Å². The highest BCUT2D eigenvalue weighted by molar-refractivity contribution is 5.88. The zero-order valence-corrected chi connectivity index (χ0v) is 10.7. The molecule has 0 saturated heterocycles. The summed E-state index contributed by atoms with van der Waals surface area (Å²) in [4.78, 5) is 30.5. The molecule has 0 aliphatic heterocycles. The Kier molecular flexibility index (Phi) is 15.1. The predicted octanol–water partition coefficient (Wildman–Crippen LogP) is -1.25. The van der Waals surface area contributed by atoms with Gasteiger partial charge in [0.05, 0.1) is 12.8 Å². The molecule has 114 valence electrons. The maximum absolute atomic E-state index is 10.3. The van der Waals surface area contributed by atoms with Crippen LogP contribution in [-0.4, -0.2) is 67.4 Å². The van der Waals surface area contributed by atoms with Crippen molar-refractivity contribution in [1.82, 2.24) is 0 Å². The van der Waals surface area contributed by atoms with Crippen molar-refractivity contribution in [2.45, 2.75) is 32.3 Å². The van der Waals surface area contributed by atoms with Crippen molar-refractivity contribution in [1.29, 1.82) is 0 Å². The Balaban J connectivity index is -0.000000360. The van der Waals surface area contributed by atoms with Gasteiger partial charge in [0, 0.05) is 13.2 Å². The van der Waals surface area contributed by atoms with E-state index in [0.29, 0.717) is 0 Å². The molecule has 0 aliphatic carbocycles. The summed E-state index contributed by atoms with van der Waals surface area (Å²) in [5.74, 6) is -5.02. The lowest BCUT2D eigenvalue weighted by molar-refractivity contribution is -0.170. The van der Waals surface area contributed by atoms with Gasteiger partial charge in [0.2, 0.25) is 0 Å². The third kappa shape index (κ3) is 16.3. The fourth-order valence-corrected chi connectivity index (χ4v) is 0.714. The Morgan fingerprint density at radius 1 is 0.842 bits per heavy atom. The molecule has 9 heteroatoms. The minimum absolute atomic E-state index is 0.250. The summed E-state index contributed by atoms with van der Waals surface area (Å²) >= 11 is 0. The molecule has 0 heterocycles. The van der Waals surface area contributed by atoms with Gasteiger partial charge in [0.1, 0.15) is 0 Å².